The van der Waals surface area contributed by atoms with E-state index in [9.17, 15) is 22.0 Å². The second kappa shape index (κ2) is 8.04. The number of halogens is 2. The number of amides is 1. The van der Waals surface area contributed by atoms with Gasteiger partial charge in [0.1, 0.15) is 16.5 Å². The maximum atomic E-state index is 14.3. The normalized spacial score (nSPS) is 19.7. The Bertz CT molecular complexity index is 1050. The Morgan fingerprint density at radius 3 is 2.62 bits per heavy atom. The zero-order valence-corrected chi connectivity index (χ0v) is 17.2. The van der Waals surface area contributed by atoms with Gasteiger partial charge in [-0.05, 0) is 61.2 Å². The van der Waals surface area contributed by atoms with E-state index >= 15 is 0 Å². The number of carbonyl (C=O) groups excluding carboxylic acids is 1. The molecule has 1 N–H and O–H groups in total. The fraction of sp³-hybridized carbons (Fsp3) is 0.350. The van der Waals surface area contributed by atoms with Crippen LogP contribution in [0.3, 0.4) is 0 Å². The molecule has 0 radical (unpaired) electrons. The van der Waals surface area contributed by atoms with Gasteiger partial charge in [-0.1, -0.05) is 0 Å². The molecule has 2 aromatic carbocycles. The van der Waals surface area contributed by atoms with E-state index in [1.54, 1.807) is 17.8 Å². The highest BCUT2D eigenvalue weighted by atomic mass is 32.2. The predicted octanol–water partition coefficient (Wildman–Crippen LogP) is 3.72. The van der Waals surface area contributed by atoms with Crippen LogP contribution in [0.4, 0.5) is 8.78 Å². The quantitative estimate of drug-likeness (QED) is 0.790. The van der Waals surface area contributed by atoms with E-state index in [2.05, 4.69) is 5.32 Å². The molecule has 0 saturated carbocycles. The predicted molar refractivity (Wildman–Crippen MR) is 106 cm³/mol. The number of benzene rings is 2. The molecular weight excluding hydrogens is 418 g/mol. The smallest absolute Gasteiger partial charge is 0.251 e. The summed E-state index contributed by atoms with van der Waals surface area (Å²) in [5.74, 6) is -1.02. The Kier molecular flexibility index (Phi) is 5.63. The molecular formula is C20H20F2N2O3S2. The first-order valence-corrected chi connectivity index (χ1v) is 11.8. The fourth-order valence-electron chi connectivity index (χ4n) is 3.67. The number of thioether (sulfide) groups is 1. The first-order chi connectivity index (χ1) is 13.9. The standard InChI is InChI=1S/C20H20F2N2O3S2/c21-14-4-6-18-15(12-14)17(7-10-28-18)23-20(25)13-3-5-16(22)19(11-13)29(26,27)24-8-1-2-9-24/h3-6,11-12,17H,1-2,7-10H2,(H,23,25). The van der Waals surface area contributed by atoms with Crippen molar-refractivity contribution >= 4 is 27.7 Å². The third kappa shape index (κ3) is 4.04. The van der Waals surface area contributed by atoms with E-state index in [4.69, 9.17) is 0 Å². The van der Waals surface area contributed by atoms with Crippen LogP contribution in [0.25, 0.3) is 0 Å². The van der Waals surface area contributed by atoms with E-state index in [0.29, 0.717) is 25.1 Å². The summed E-state index contributed by atoms with van der Waals surface area (Å²) in [5, 5.41) is 2.84. The molecule has 2 heterocycles. The number of nitrogens with one attached hydrogen (secondary N) is 1. The molecule has 1 amide bonds. The Balaban J connectivity index is 1.60. The van der Waals surface area contributed by atoms with Crippen LogP contribution in [-0.2, 0) is 10.0 Å². The molecule has 9 heteroatoms. The molecule has 1 atom stereocenters. The summed E-state index contributed by atoms with van der Waals surface area (Å²) in [6.45, 7) is 0.695. The Hall–Kier alpha value is -1.97. The van der Waals surface area contributed by atoms with Crippen LogP contribution in [-0.4, -0.2) is 37.5 Å². The average Bonchev–Trinajstić information content (AvgIpc) is 3.24. The average molecular weight is 439 g/mol. The van der Waals surface area contributed by atoms with Gasteiger partial charge in [0.05, 0.1) is 6.04 Å². The van der Waals surface area contributed by atoms with Crippen molar-refractivity contribution in [2.45, 2.75) is 35.1 Å². The van der Waals surface area contributed by atoms with E-state index < -0.39 is 32.7 Å². The Morgan fingerprint density at radius 2 is 1.86 bits per heavy atom. The van der Waals surface area contributed by atoms with Gasteiger partial charge in [0, 0.05) is 29.3 Å². The maximum absolute atomic E-state index is 14.3. The Labute approximate surface area is 172 Å². The summed E-state index contributed by atoms with van der Waals surface area (Å²) >= 11 is 1.59. The van der Waals surface area contributed by atoms with Crippen molar-refractivity contribution in [2.75, 3.05) is 18.8 Å². The largest absolute Gasteiger partial charge is 0.345 e. The molecule has 0 aliphatic carbocycles. The number of sulfonamides is 1. The number of nitrogens with zero attached hydrogens (tertiary/aromatic N) is 1. The highest BCUT2D eigenvalue weighted by molar-refractivity contribution is 7.99. The van der Waals surface area contributed by atoms with Crippen LogP contribution in [0.15, 0.2) is 46.2 Å². The van der Waals surface area contributed by atoms with Crippen molar-refractivity contribution in [3.63, 3.8) is 0 Å². The van der Waals surface area contributed by atoms with E-state index in [0.717, 1.165) is 35.6 Å². The highest BCUT2D eigenvalue weighted by Gasteiger charge is 2.31. The number of hydrogen-bond acceptors (Lipinski definition) is 4. The molecule has 0 aromatic heterocycles. The van der Waals surface area contributed by atoms with E-state index in [1.807, 2.05) is 0 Å². The minimum absolute atomic E-state index is 0.0559. The topological polar surface area (TPSA) is 66.5 Å². The van der Waals surface area contributed by atoms with Crippen LogP contribution < -0.4 is 5.32 Å². The van der Waals surface area contributed by atoms with Crippen LogP contribution in [0, 0.1) is 11.6 Å². The zero-order valence-electron chi connectivity index (χ0n) is 15.5. The van der Waals surface area contributed by atoms with Gasteiger partial charge in [-0.25, -0.2) is 17.2 Å². The van der Waals surface area contributed by atoms with Gasteiger partial charge in [0.25, 0.3) is 5.91 Å². The molecule has 1 unspecified atom stereocenters. The minimum atomic E-state index is -3.99. The van der Waals surface area contributed by atoms with Crippen molar-refractivity contribution in [1.29, 1.82) is 0 Å². The Morgan fingerprint density at radius 1 is 1.10 bits per heavy atom. The zero-order chi connectivity index (χ0) is 20.6. The molecule has 29 heavy (non-hydrogen) atoms. The SMILES string of the molecule is O=C(NC1CCSc2ccc(F)cc21)c1ccc(F)c(S(=O)(=O)N2CCCC2)c1. The lowest BCUT2D eigenvalue weighted by Crippen LogP contribution is -2.32. The summed E-state index contributed by atoms with van der Waals surface area (Å²) in [5.41, 5.74) is 0.752. The third-order valence-corrected chi connectivity index (χ3v) is 8.23. The number of fused-ring (bicyclic) bond motifs is 1. The summed E-state index contributed by atoms with van der Waals surface area (Å²) in [6, 6.07) is 7.43. The van der Waals surface area contributed by atoms with Gasteiger partial charge in [0.2, 0.25) is 10.0 Å². The van der Waals surface area contributed by atoms with Gasteiger partial charge in [-0.3, -0.25) is 4.79 Å². The van der Waals surface area contributed by atoms with E-state index in [-0.39, 0.29) is 11.4 Å². The van der Waals surface area contributed by atoms with Gasteiger partial charge >= 0.3 is 0 Å². The third-order valence-electron chi connectivity index (χ3n) is 5.19. The monoisotopic (exact) mass is 438 g/mol. The molecule has 1 fully saturated rings. The maximum Gasteiger partial charge on any atom is 0.251 e. The van der Waals surface area contributed by atoms with Crippen molar-refractivity contribution in [3.8, 4) is 0 Å². The summed E-state index contributed by atoms with van der Waals surface area (Å²) in [4.78, 5) is 13.2. The molecule has 0 spiro atoms. The van der Waals surface area contributed by atoms with Crippen LogP contribution in [0.1, 0.15) is 41.2 Å². The lowest BCUT2D eigenvalue weighted by molar-refractivity contribution is 0.0934. The number of rotatable bonds is 4. The molecule has 2 aliphatic rings. The molecule has 5 nitrogen and oxygen atoms in total. The lowest BCUT2D eigenvalue weighted by Gasteiger charge is -2.26. The van der Waals surface area contributed by atoms with Gasteiger partial charge in [0.15, 0.2) is 0 Å². The molecule has 2 aromatic rings. The summed E-state index contributed by atoms with van der Waals surface area (Å²) < 4.78 is 54.7. The molecule has 4 rings (SSSR count). The van der Waals surface area contributed by atoms with Gasteiger partial charge in [-0.2, -0.15) is 4.31 Å². The number of hydrogen-bond donors (Lipinski definition) is 1. The number of carbonyl (C=O) groups is 1. The second-order valence-corrected chi connectivity index (χ2v) is 10.1. The fourth-order valence-corrected chi connectivity index (χ4v) is 6.38. The lowest BCUT2D eigenvalue weighted by atomic mass is 10.0. The van der Waals surface area contributed by atoms with Crippen LogP contribution in [0.2, 0.25) is 0 Å². The second-order valence-electron chi connectivity index (χ2n) is 7.10. The summed E-state index contributed by atoms with van der Waals surface area (Å²) in [6.07, 6.45) is 2.08. The van der Waals surface area contributed by atoms with Crippen LogP contribution >= 0.6 is 11.8 Å². The van der Waals surface area contributed by atoms with Crippen LogP contribution in [0.5, 0.6) is 0 Å². The van der Waals surface area contributed by atoms with Gasteiger partial charge in [-0.15, -0.1) is 11.8 Å². The molecule has 0 bridgehead atoms. The summed E-state index contributed by atoms with van der Waals surface area (Å²) in [7, 11) is -3.99. The minimum Gasteiger partial charge on any atom is -0.345 e. The van der Waals surface area contributed by atoms with Gasteiger partial charge < -0.3 is 5.32 Å². The first-order valence-electron chi connectivity index (χ1n) is 9.39. The molecule has 1 saturated heterocycles. The highest BCUT2D eigenvalue weighted by Crippen LogP contribution is 2.36. The first kappa shape index (κ1) is 20.3. The molecule has 154 valence electrons. The van der Waals surface area contributed by atoms with E-state index in [1.165, 1.54) is 22.5 Å². The molecule has 2 aliphatic heterocycles. The van der Waals surface area contributed by atoms with Crippen molar-refractivity contribution in [1.82, 2.24) is 9.62 Å². The van der Waals surface area contributed by atoms with Crippen molar-refractivity contribution in [3.05, 3.63) is 59.2 Å². The van der Waals surface area contributed by atoms with Crippen molar-refractivity contribution in [2.24, 2.45) is 0 Å². The van der Waals surface area contributed by atoms with Crippen molar-refractivity contribution < 1.29 is 22.0 Å².